The van der Waals surface area contributed by atoms with E-state index < -0.39 is 26.7 Å². The Hall–Kier alpha value is -1.94. The lowest BCUT2D eigenvalue weighted by molar-refractivity contribution is 0.260. The third-order valence-electron chi connectivity index (χ3n) is 4.16. The van der Waals surface area contributed by atoms with Crippen molar-refractivity contribution in [3.05, 3.63) is 53.6 Å². The highest BCUT2D eigenvalue weighted by atomic mass is 35.5. The minimum absolute atomic E-state index is 0.213. The third kappa shape index (κ3) is 4.91. The Labute approximate surface area is 171 Å². The standard InChI is InChI=1S/C18H20ClN3O4S2/c1-26-17-5-3-2-4-16(17)20-18(23)21-27-12-10-22(11-13-27)28(24,25)15-8-6-14(19)7-9-15/h2-9H,10-13H2,1H3,(H,20,23). The molecule has 0 aromatic heterocycles. The highest BCUT2D eigenvalue weighted by Crippen LogP contribution is 2.23. The van der Waals surface area contributed by atoms with E-state index >= 15 is 0 Å². The van der Waals surface area contributed by atoms with E-state index in [1.165, 1.54) is 23.5 Å². The van der Waals surface area contributed by atoms with Gasteiger partial charge in [-0.15, -0.1) is 0 Å². The number of carbonyl (C=O) groups is 1. The molecule has 150 valence electrons. The number of para-hydroxylation sites is 2. The van der Waals surface area contributed by atoms with Gasteiger partial charge in [0.1, 0.15) is 5.75 Å². The largest absolute Gasteiger partial charge is 0.495 e. The molecule has 1 heterocycles. The average Bonchev–Trinajstić information content (AvgIpc) is 2.69. The van der Waals surface area contributed by atoms with Gasteiger partial charge in [0.2, 0.25) is 10.0 Å². The van der Waals surface area contributed by atoms with Crippen LogP contribution in [0.3, 0.4) is 0 Å². The predicted octanol–water partition coefficient (Wildman–Crippen LogP) is 3.39. The fourth-order valence-corrected chi connectivity index (χ4v) is 6.05. The summed E-state index contributed by atoms with van der Waals surface area (Å²) in [5, 5.41) is 3.20. The fourth-order valence-electron chi connectivity index (χ4n) is 2.72. The van der Waals surface area contributed by atoms with Crippen molar-refractivity contribution in [2.24, 2.45) is 4.36 Å². The van der Waals surface area contributed by atoms with Crippen molar-refractivity contribution in [3.8, 4) is 5.75 Å². The number of hydrogen-bond acceptors (Lipinski definition) is 4. The Bertz CT molecular complexity index is 984. The molecule has 0 unspecified atom stereocenters. The summed E-state index contributed by atoms with van der Waals surface area (Å²) in [5.74, 6) is 1.57. The molecule has 1 aliphatic rings. The number of methoxy groups -OCH3 is 1. The lowest BCUT2D eigenvalue weighted by Gasteiger charge is -2.27. The maximum absolute atomic E-state index is 12.7. The summed E-state index contributed by atoms with van der Waals surface area (Å²) in [6.07, 6.45) is 0. The maximum atomic E-state index is 12.7. The van der Waals surface area contributed by atoms with Crippen LogP contribution < -0.4 is 10.1 Å². The topological polar surface area (TPSA) is 88.1 Å². The summed E-state index contributed by atoms with van der Waals surface area (Å²) in [5.41, 5.74) is 0.548. The van der Waals surface area contributed by atoms with E-state index in [1.54, 1.807) is 30.3 Å². The van der Waals surface area contributed by atoms with Gasteiger partial charge in [0.25, 0.3) is 0 Å². The fraction of sp³-hybridized carbons (Fsp3) is 0.278. The smallest absolute Gasteiger partial charge is 0.351 e. The number of halogens is 1. The van der Waals surface area contributed by atoms with Crippen LogP contribution in [-0.4, -0.2) is 50.5 Å². The predicted molar refractivity (Wildman–Crippen MR) is 112 cm³/mol. The van der Waals surface area contributed by atoms with E-state index in [9.17, 15) is 13.2 Å². The van der Waals surface area contributed by atoms with Crippen LogP contribution >= 0.6 is 11.6 Å². The van der Waals surface area contributed by atoms with Crippen LogP contribution in [0.15, 0.2) is 57.8 Å². The van der Waals surface area contributed by atoms with Gasteiger partial charge in [-0.2, -0.15) is 8.67 Å². The number of rotatable bonds is 4. The molecule has 28 heavy (non-hydrogen) atoms. The number of hydrogen-bond donors (Lipinski definition) is 1. The molecule has 0 aliphatic carbocycles. The van der Waals surface area contributed by atoms with Crippen molar-refractivity contribution in [1.29, 1.82) is 0 Å². The number of nitrogens with one attached hydrogen (secondary N) is 1. The van der Waals surface area contributed by atoms with Gasteiger partial charge < -0.3 is 10.1 Å². The molecule has 1 saturated heterocycles. The lowest BCUT2D eigenvalue weighted by Crippen LogP contribution is -2.41. The minimum Gasteiger partial charge on any atom is -0.495 e. The lowest BCUT2D eigenvalue weighted by atomic mass is 10.3. The van der Waals surface area contributed by atoms with E-state index in [0.29, 0.717) is 41.1 Å². The van der Waals surface area contributed by atoms with Crippen LogP contribution in [-0.2, 0) is 20.7 Å². The number of urea groups is 1. The number of ether oxygens (including phenoxy) is 1. The molecule has 2 aromatic rings. The first-order valence-electron chi connectivity index (χ1n) is 8.49. The van der Waals surface area contributed by atoms with E-state index in [2.05, 4.69) is 9.68 Å². The molecule has 0 atom stereocenters. The Balaban J connectivity index is 1.63. The number of amides is 2. The third-order valence-corrected chi connectivity index (χ3v) is 8.06. The van der Waals surface area contributed by atoms with E-state index in [1.807, 2.05) is 6.07 Å². The van der Waals surface area contributed by atoms with Gasteiger partial charge in [0.15, 0.2) is 0 Å². The van der Waals surface area contributed by atoms with Gasteiger partial charge >= 0.3 is 6.03 Å². The SMILES string of the molecule is COc1ccccc1NC(=O)N=S1CCN(S(=O)(=O)c2ccc(Cl)cc2)CC1. The second-order valence-electron chi connectivity index (χ2n) is 5.95. The summed E-state index contributed by atoms with van der Waals surface area (Å²) in [6.45, 7) is 0.638. The molecule has 10 heteroatoms. The monoisotopic (exact) mass is 441 g/mol. The summed E-state index contributed by atoms with van der Waals surface area (Å²) in [6, 6.07) is 12.7. The maximum Gasteiger partial charge on any atom is 0.351 e. The molecule has 0 saturated carbocycles. The molecular weight excluding hydrogens is 422 g/mol. The van der Waals surface area contributed by atoms with Crippen LogP contribution in [0.25, 0.3) is 0 Å². The Morgan fingerprint density at radius 3 is 2.43 bits per heavy atom. The molecule has 3 rings (SSSR count). The number of sulfonamides is 1. The van der Waals surface area contributed by atoms with Crippen LogP contribution in [0.2, 0.25) is 5.02 Å². The first-order valence-corrected chi connectivity index (χ1v) is 11.8. The molecule has 0 radical (unpaired) electrons. The first kappa shape index (κ1) is 20.8. The van der Waals surface area contributed by atoms with Gasteiger partial charge in [-0.1, -0.05) is 34.4 Å². The average molecular weight is 442 g/mol. The van der Waals surface area contributed by atoms with Crippen molar-refractivity contribution in [2.45, 2.75) is 4.90 Å². The molecule has 1 fully saturated rings. The quantitative estimate of drug-likeness (QED) is 0.787. The highest BCUT2D eigenvalue weighted by Gasteiger charge is 2.27. The zero-order valence-corrected chi connectivity index (χ0v) is 17.6. The zero-order valence-electron chi connectivity index (χ0n) is 15.2. The summed E-state index contributed by atoms with van der Waals surface area (Å²) in [4.78, 5) is 12.4. The van der Waals surface area contributed by atoms with Crippen molar-refractivity contribution < 1.29 is 17.9 Å². The van der Waals surface area contributed by atoms with Crippen LogP contribution in [0.5, 0.6) is 5.75 Å². The van der Waals surface area contributed by atoms with Crippen LogP contribution in [0.1, 0.15) is 0 Å². The Morgan fingerprint density at radius 2 is 1.79 bits per heavy atom. The molecule has 0 spiro atoms. The van der Waals surface area contributed by atoms with Gasteiger partial charge in [0, 0.05) is 29.6 Å². The summed E-state index contributed by atoms with van der Waals surface area (Å²) < 4.78 is 36.2. The van der Waals surface area contributed by atoms with Gasteiger partial charge in [-0.25, -0.2) is 13.2 Å². The number of benzene rings is 2. The van der Waals surface area contributed by atoms with Crippen molar-refractivity contribution in [1.82, 2.24) is 4.31 Å². The van der Waals surface area contributed by atoms with Crippen LogP contribution in [0.4, 0.5) is 10.5 Å². The summed E-state index contributed by atoms with van der Waals surface area (Å²) in [7, 11) is -2.57. The second kappa shape index (κ2) is 9.04. The van der Waals surface area contributed by atoms with Gasteiger partial charge in [-0.3, -0.25) is 0 Å². The highest BCUT2D eigenvalue weighted by molar-refractivity contribution is 7.90. The van der Waals surface area contributed by atoms with E-state index in [0.717, 1.165) is 0 Å². The molecule has 2 amide bonds. The molecule has 1 N–H and O–H groups in total. The summed E-state index contributed by atoms with van der Waals surface area (Å²) >= 11 is 5.83. The first-order chi connectivity index (χ1) is 13.4. The second-order valence-corrected chi connectivity index (χ2v) is 10.2. The molecular formula is C18H20ClN3O4S2. The van der Waals surface area contributed by atoms with Crippen molar-refractivity contribution >= 4 is 44.0 Å². The molecule has 1 aliphatic heterocycles. The minimum atomic E-state index is -3.57. The van der Waals surface area contributed by atoms with E-state index in [4.69, 9.17) is 16.3 Å². The van der Waals surface area contributed by atoms with Crippen molar-refractivity contribution in [3.63, 3.8) is 0 Å². The molecule has 2 aromatic carbocycles. The van der Waals surface area contributed by atoms with Gasteiger partial charge in [-0.05, 0) is 36.4 Å². The van der Waals surface area contributed by atoms with Crippen molar-refractivity contribution in [2.75, 3.05) is 37.0 Å². The van der Waals surface area contributed by atoms with Gasteiger partial charge in [0.05, 0.1) is 17.7 Å². The molecule has 7 nitrogen and oxygen atoms in total. The van der Waals surface area contributed by atoms with Crippen LogP contribution in [0, 0.1) is 0 Å². The Kier molecular flexibility index (Phi) is 6.71. The Morgan fingerprint density at radius 1 is 1.14 bits per heavy atom. The van der Waals surface area contributed by atoms with E-state index in [-0.39, 0.29) is 4.90 Å². The number of carbonyl (C=O) groups excluding carboxylic acids is 1. The molecule has 0 bridgehead atoms. The number of anilines is 1. The normalized spacial score (nSPS) is 15.8. The number of nitrogens with zero attached hydrogens (tertiary/aromatic N) is 2. The zero-order chi connectivity index (χ0) is 20.1.